The summed E-state index contributed by atoms with van der Waals surface area (Å²) in [6, 6.07) is 7.09. The molecule has 0 saturated heterocycles. The summed E-state index contributed by atoms with van der Waals surface area (Å²) in [5.41, 5.74) is 5.77. The average molecular weight is 220 g/mol. The van der Waals surface area contributed by atoms with Crippen molar-refractivity contribution in [3.05, 3.63) is 48.2 Å². The molecular weight excluding hydrogens is 211 g/mol. The monoisotopic (exact) mass is 220 g/mol. The molecule has 4 nitrogen and oxygen atoms in total. The van der Waals surface area contributed by atoms with Crippen LogP contribution in [0.2, 0.25) is 0 Å². The molecule has 1 aromatic carbocycles. The highest BCUT2D eigenvalue weighted by Crippen LogP contribution is 2.17. The van der Waals surface area contributed by atoms with E-state index >= 15 is 0 Å². The van der Waals surface area contributed by atoms with Gasteiger partial charge in [-0.15, -0.1) is 0 Å². The van der Waals surface area contributed by atoms with Gasteiger partial charge >= 0.3 is 0 Å². The van der Waals surface area contributed by atoms with Crippen molar-refractivity contribution in [3.63, 3.8) is 0 Å². The zero-order valence-electron chi connectivity index (χ0n) is 8.24. The molecule has 0 bridgehead atoms. The molecule has 0 aliphatic heterocycles. The minimum atomic E-state index is -0.518. The number of furan rings is 1. The van der Waals surface area contributed by atoms with Crippen molar-refractivity contribution in [2.24, 2.45) is 0 Å². The summed E-state index contributed by atoms with van der Waals surface area (Å²) in [5.74, 6) is -0.741. The molecular formula is C11H9FN2O2. The fraction of sp³-hybridized carbons (Fsp3) is 0. The third-order valence-corrected chi connectivity index (χ3v) is 2.00. The first-order valence-electron chi connectivity index (χ1n) is 4.56. The van der Waals surface area contributed by atoms with Crippen LogP contribution in [0.4, 0.5) is 15.8 Å². The van der Waals surface area contributed by atoms with Crippen LogP contribution < -0.4 is 11.1 Å². The summed E-state index contributed by atoms with van der Waals surface area (Å²) >= 11 is 0. The maximum Gasteiger partial charge on any atom is 0.291 e. The largest absolute Gasteiger partial charge is 0.459 e. The normalized spacial score (nSPS) is 10.1. The van der Waals surface area contributed by atoms with Crippen LogP contribution in [-0.2, 0) is 0 Å². The van der Waals surface area contributed by atoms with Gasteiger partial charge in [0.25, 0.3) is 5.91 Å². The van der Waals surface area contributed by atoms with E-state index in [-0.39, 0.29) is 11.4 Å². The van der Waals surface area contributed by atoms with E-state index in [2.05, 4.69) is 5.32 Å². The van der Waals surface area contributed by atoms with Crippen molar-refractivity contribution in [2.45, 2.75) is 0 Å². The summed E-state index contributed by atoms with van der Waals surface area (Å²) in [6.45, 7) is 0. The molecule has 0 spiro atoms. The lowest BCUT2D eigenvalue weighted by atomic mass is 10.2. The van der Waals surface area contributed by atoms with Crippen molar-refractivity contribution < 1.29 is 13.6 Å². The van der Waals surface area contributed by atoms with Crippen LogP contribution in [-0.4, -0.2) is 5.91 Å². The smallest absolute Gasteiger partial charge is 0.291 e. The number of hydrogen-bond acceptors (Lipinski definition) is 3. The predicted octanol–water partition coefficient (Wildman–Crippen LogP) is 2.25. The van der Waals surface area contributed by atoms with Crippen molar-refractivity contribution >= 4 is 17.3 Å². The lowest BCUT2D eigenvalue weighted by Gasteiger charge is -2.04. The van der Waals surface area contributed by atoms with Crippen molar-refractivity contribution in [3.8, 4) is 0 Å². The van der Waals surface area contributed by atoms with Crippen molar-refractivity contribution in [2.75, 3.05) is 11.1 Å². The maximum atomic E-state index is 12.9. The Bertz CT molecular complexity index is 509. The van der Waals surface area contributed by atoms with Gasteiger partial charge < -0.3 is 15.5 Å². The molecule has 0 atom stereocenters. The Morgan fingerprint density at radius 3 is 2.81 bits per heavy atom. The highest BCUT2D eigenvalue weighted by molar-refractivity contribution is 6.02. The highest BCUT2D eigenvalue weighted by atomic mass is 19.1. The van der Waals surface area contributed by atoms with E-state index in [0.29, 0.717) is 5.69 Å². The van der Waals surface area contributed by atoms with Gasteiger partial charge in [0.05, 0.1) is 12.0 Å². The van der Waals surface area contributed by atoms with E-state index in [1.54, 1.807) is 6.07 Å². The Kier molecular flexibility index (Phi) is 2.59. The van der Waals surface area contributed by atoms with Gasteiger partial charge in [0.15, 0.2) is 5.76 Å². The number of benzene rings is 1. The predicted molar refractivity (Wildman–Crippen MR) is 57.5 cm³/mol. The van der Waals surface area contributed by atoms with Crippen LogP contribution in [0.5, 0.6) is 0 Å². The summed E-state index contributed by atoms with van der Waals surface area (Å²) in [6.07, 6.45) is 1.40. The Morgan fingerprint density at radius 1 is 1.38 bits per heavy atom. The molecule has 16 heavy (non-hydrogen) atoms. The quantitative estimate of drug-likeness (QED) is 0.762. The van der Waals surface area contributed by atoms with E-state index in [9.17, 15) is 9.18 Å². The third kappa shape index (κ3) is 2.03. The topological polar surface area (TPSA) is 68.3 Å². The van der Waals surface area contributed by atoms with Gasteiger partial charge in [0, 0.05) is 5.69 Å². The van der Waals surface area contributed by atoms with Gasteiger partial charge in [-0.1, -0.05) is 0 Å². The van der Waals surface area contributed by atoms with Crippen LogP contribution in [0.15, 0.2) is 41.0 Å². The maximum absolute atomic E-state index is 12.9. The minimum Gasteiger partial charge on any atom is -0.459 e. The van der Waals surface area contributed by atoms with Crippen LogP contribution in [0.1, 0.15) is 10.6 Å². The lowest BCUT2D eigenvalue weighted by molar-refractivity contribution is 0.0996. The summed E-state index contributed by atoms with van der Waals surface area (Å²) in [5, 5.41) is 2.53. The van der Waals surface area contributed by atoms with Crippen LogP contribution >= 0.6 is 0 Å². The van der Waals surface area contributed by atoms with Gasteiger partial charge in [-0.3, -0.25) is 4.79 Å². The Morgan fingerprint density at radius 2 is 2.19 bits per heavy atom. The molecule has 2 aromatic rings. The first-order chi connectivity index (χ1) is 7.66. The fourth-order valence-corrected chi connectivity index (χ4v) is 1.22. The Hall–Kier alpha value is -2.30. The van der Waals surface area contributed by atoms with Crippen molar-refractivity contribution in [1.82, 2.24) is 0 Å². The fourth-order valence-electron chi connectivity index (χ4n) is 1.22. The number of halogens is 1. The lowest BCUT2D eigenvalue weighted by Crippen LogP contribution is -2.11. The summed E-state index contributed by atoms with van der Waals surface area (Å²) in [7, 11) is 0. The number of rotatable bonds is 2. The van der Waals surface area contributed by atoms with Crippen LogP contribution in [0.25, 0.3) is 0 Å². The zero-order valence-corrected chi connectivity index (χ0v) is 8.24. The van der Waals surface area contributed by atoms with Crippen LogP contribution in [0.3, 0.4) is 0 Å². The van der Waals surface area contributed by atoms with Gasteiger partial charge in [0.1, 0.15) is 5.82 Å². The molecule has 1 aromatic heterocycles. The van der Waals surface area contributed by atoms with Gasteiger partial charge in [-0.25, -0.2) is 4.39 Å². The molecule has 0 unspecified atom stereocenters. The van der Waals surface area contributed by atoms with Gasteiger partial charge in [-0.2, -0.15) is 0 Å². The number of amides is 1. The second-order valence-electron chi connectivity index (χ2n) is 3.17. The zero-order chi connectivity index (χ0) is 11.5. The van der Waals surface area contributed by atoms with E-state index < -0.39 is 11.7 Å². The number of nitrogens with one attached hydrogen (secondary N) is 1. The van der Waals surface area contributed by atoms with E-state index in [1.807, 2.05) is 0 Å². The van der Waals surface area contributed by atoms with Gasteiger partial charge in [0.2, 0.25) is 0 Å². The summed E-state index contributed by atoms with van der Waals surface area (Å²) < 4.78 is 17.8. The summed E-state index contributed by atoms with van der Waals surface area (Å²) in [4.78, 5) is 11.5. The third-order valence-electron chi connectivity index (χ3n) is 2.00. The highest BCUT2D eigenvalue weighted by Gasteiger charge is 2.09. The molecule has 0 aliphatic carbocycles. The molecule has 1 amide bonds. The molecule has 1 heterocycles. The second-order valence-corrected chi connectivity index (χ2v) is 3.17. The Labute approximate surface area is 90.9 Å². The first kappa shape index (κ1) is 10.2. The first-order valence-corrected chi connectivity index (χ1v) is 4.56. The molecule has 2 rings (SSSR count). The van der Waals surface area contributed by atoms with E-state index in [4.69, 9.17) is 10.2 Å². The average Bonchev–Trinajstić information content (AvgIpc) is 2.77. The standard InChI is InChI=1S/C11H9FN2O2/c12-8-4-3-7(6-9(8)13)14-11(15)10-2-1-5-16-10/h1-6H,13H2,(H,14,15). The van der Waals surface area contributed by atoms with Crippen molar-refractivity contribution in [1.29, 1.82) is 0 Å². The molecule has 0 radical (unpaired) electrons. The van der Waals surface area contributed by atoms with E-state index in [1.165, 1.54) is 30.5 Å². The molecule has 0 fully saturated rings. The molecule has 5 heteroatoms. The number of carbonyl (C=O) groups excluding carboxylic acids is 1. The molecule has 0 aliphatic rings. The van der Waals surface area contributed by atoms with Gasteiger partial charge in [-0.05, 0) is 30.3 Å². The SMILES string of the molecule is Nc1cc(NC(=O)c2ccco2)ccc1F. The number of carbonyl (C=O) groups is 1. The van der Waals surface area contributed by atoms with Crippen LogP contribution in [0, 0.1) is 5.82 Å². The Balaban J connectivity index is 2.15. The van der Waals surface area contributed by atoms with E-state index in [0.717, 1.165) is 0 Å². The molecule has 82 valence electrons. The molecule has 0 saturated carbocycles. The number of nitrogen functional groups attached to an aromatic ring is 1. The minimum absolute atomic E-state index is 0.0164. The number of nitrogens with two attached hydrogens (primary N) is 1. The number of hydrogen-bond donors (Lipinski definition) is 2. The molecule has 3 N–H and O–H groups in total. The number of anilines is 2. The second kappa shape index (κ2) is 4.06.